The van der Waals surface area contributed by atoms with Gasteiger partial charge in [0, 0.05) is 37.3 Å². The maximum Gasteiger partial charge on any atom is 0.261 e. The maximum atomic E-state index is 14.4. The van der Waals surface area contributed by atoms with Gasteiger partial charge in [-0.3, -0.25) is 13.9 Å². The minimum Gasteiger partial charge on any atom is -0.490 e. The van der Waals surface area contributed by atoms with Gasteiger partial charge in [-0.1, -0.05) is 53.5 Å². The molecule has 2 fully saturated rings. The van der Waals surface area contributed by atoms with Crippen LogP contribution < -0.4 is 20.1 Å². The molecule has 290 valence electrons. The van der Waals surface area contributed by atoms with Gasteiger partial charge >= 0.3 is 0 Å². The number of hydrogen-bond acceptors (Lipinski definition) is 9. The molecule has 1 aliphatic carbocycles. The standard InChI is InChI=1S/C35H39Cl2N3O3.2CH4O3S/c1-21-15-30(36)34(31(37)16-21)43-14-13-42-28-11-7-24(8-12-28)29-17-26-18-38-19-32(39-26)33(29)35(41)40(27-9-10-27)20-25-6-4-5-22(2)23(25)3;2*1-5(2,3)4/h4-8,11-12,15-16,26-27,32,38-39H,9-10,13-14,17-20H2,1-3H3;2*1H3,(H,2,3,4)/t26-,32-;;/m1../s1. The van der Waals surface area contributed by atoms with Gasteiger partial charge in [0.2, 0.25) is 0 Å². The van der Waals surface area contributed by atoms with Crippen LogP contribution >= 0.6 is 23.2 Å². The molecule has 2 aliphatic heterocycles. The first-order valence-corrected chi connectivity index (χ1v) is 21.5. The zero-order valence-electron chi connectivity index (χ0n) is 30.4. The summed E-state index contributed by atoms with van der Waals surface area (Å²) in [5.41, 5.74) is 7.85. The van der Waals surface area contributed by atoms with Gasteiger partial charge in [-0.25, -0.2) is 0 Å². The minimum atomic E-state index is -3.67. The summed E-state index contributed by atoms with van der Waals surface area (Å²) in [5, 5.41) is 8.24. The quantitative estimate of drug-likeness (QED) is 0.147. The molecule has 2 bridgehead atoms. The minimum absolute atomic E-state index is 0.0108. The molecular formula is C37H47Cl2N3O9S2. The molecule has 16 heteroatoms. The highest BCUT2D eigenvalue weighted by Crippen LogP contribution is 2.37. The average Bonchev–Trinajstić information content (AvgIpc) is 3.89. The topological polar surface area (TPSA) is 172 Å². The highest BCUT2D eigenvalue weighted by atomic mass is 35.5. The molecule has 3 aromatic carbocycles. The second-order valence-electron chi connectivity index (χ2n) is 13.4. The molecule has 0 radical (unpaired) electrons. The van der Waals surface area contributed by atoms with Crippen LogP contribution in [0, 0.1) is 20.8 Å². The molecule has 3 aromatic rings. The van der Waals surface area contributed by atoms with Gasteiger partial charge in [0.1, 0.15) is 19.0 Å². The first-order valence-electron chi connectivity index (χ1n) is 17.0. The third-order valence-electron chi connectivity index (χ3n) is 8.78. The van der Waals surface area contributed by atoms with Crippen LogP contribution in [-0.2, 0) is 31.6 Å². The second kappa shape index (κ2) is 18.4. The van der Waals surface area contributed by atoms with Gasteiger partial charge in [-0.15, -0.1) is 0 Å². The maximum absolute atomic E-state index is 14.4. The second-order valence-corrected chi connectivity index (χ2v) is 17.2. The van der Waals surface area contributed by atoms with Crippen LogP contribution in [0.15, 0.2) is 60.2 Å². The summed E-state index contributed by atoms with van der Waals surface area (Å²) in [6.45, 7) is 9.18. The monoisotopic (exact) mass is 811 g/mol. The van der Waals surface area contributed by atoms with Crippen molar-refractivity contribution in [1.82, 2.24) is 15.5 Å². The van der Waals surface area contributed by atoms with Gasteiger partial charge in [-0.2, -0.15) is 16.8 Å². The van der Waals surface area contributed by atoms with E-state index in [0.29, 0.717) is 60.1 Å². The van der Waals surface area contributed by atoms with Crippen LogP contribution in [0.2, 0.25) is 10.0 Å². The molecule has 53 heavy (non-hydrogen) atoms. The molecule has 3 aliphatic rings. The Morgan fingerprint density at radius 2 is 1.47 bits per heavy atom. The number of nitrogens with zero attached hydrogens (tertiary/aromatic N) is 1. The Morgan fingerprint density at radius 3 is 2.06 bits per heavy atom. The lowest BCUT2D eigenvalue weighted by molar-refractivity contribution is -0.128. The summed E-state index contributed by atoms with van der Waals surface area (Å²) in [5.74, 6) is 1.37. The summed E-state index contributed by atoms with van der Waals surface area (Å²) in [4.78, 5) is 16.6. The fourth-order valence-corrected chi connectivity index (χ4v) is 6.90. The van der Waals surface area contributed by atoms with Crippen LogP contribution in [0.4, 0.5) is 0 Å². The lowest BCUT2D eigenvalue weighted by Crippen LogP contribution is -2.60. The van der Waals surface area contributed by atoms with E-state index in [4.69, 9.17) is 41.8 Å². The third kappa shape index (κ3) is 13.5. The zero-order valence-corrected chi connectivity index (χ0v) is 33.5. The van der Waals surface area contributed by atoms with E-state index in [0.717, 1.165) is 60.4 Å². The molecular weight excluding hydrogens is 765 g/mol. The number of carbonyl (C=O) groups is 1. The molecule has 12 nitrogen and oxygen atoms in total. The average molecular weight is 813 g/mol. The van der Waals surface area contributed by atoms with E-state index in [1.165, 1.54) is 16.7 Å². The number of piperazine rings is 1. The summed E-state index contributed by atoms with van der Waals surface area (Å²) in [6, 6.07) is 18.7. The molecule has 1 amide bonds. The highest BCUT2D eigenvalue weighted by molar-refractivity contribution is 7.85. The Kier molecular flexibility index (Phi) is 14.8. The molecule has 4 N–H and O–H groups in total. The lowest BCUT2D eigenvalue weighted by atomic mass is 9.83. The van der Waals surface area contributed by atoms with Gasteiger partial charge in [0.05, 0.1) is 28.6 Å². The summed E-state index contributed by atoms with van der Waals surface area (Å²) < 4.78 is 63.5. The van der Waals surface area contributed by atoms with Gasteiger partial charge in [-0.05, 0) is 97.7 Å². The van der Waals surface area contributed by atoms with Gasteiger partial charge < -0.3 is 25.0 Å². The molecule has 0 spiro atoms. The predicted octanol–water partition coefficient (Wildman–Crippen LogP) is 5.66. The molecule has 0 unspecified atom stereocenters. The van der Waals surface area contributed by atoms with E-state index in [2.05, 4.69) is 59.7 Å². The van der Waals surface area contributed by atoms with Crippen LogP contribution in [0.5, 0.6) is 11.5 Å². The third-order valence-corrected chi connectivity index (χ3v) is 9.34. The number of halogens is 2. The first kappa shape index (κ1) is 42.5. The number of carbonyl (C=O) groups excluding carboxylic acids is 1. The molecule has 6 rings (SSSR count). The van der Waals surface area contributed by atoms with E-state index >= 15 is 0 Å². The first-order chi connectivity index (χ1) is 24.8. The number of benzene rings is 3. The van der Waals surface area contributed by atoms with Crippen molar-refractivity contribution in [3.8, 4) is 11.5 Å². The highest BCUT2D eigenvalue weighted by Gasteiger charge is 2.41. The number of hydrogen-bond donors (Lipinski definition) is 4. The molecule has 2 atom stereocenters. The Bertz CT molecular complexity index is 1950. The van der Waals surface area contributed by atoms with Crippen molar-refractivity contribution >= 4 is 54.9 Å². The summed E-state index contributed by atoms with van der Waals surface area (Å²) in [6.07, 6.45) is 4.37. The van der Waals surface area contributed by atoms with Crippen LogP contribution in [-0.4, -0.2) is 93.7 Å². The SMILES string of the molecule is CS(=O)(=O)O.CS(=O)(=O)O.Cc1cc(Cl)c(OCCOc2ccc(C3=C(C(=O)N(Cc4cccc(C)c4C)C4CC4)[C@H]4CNC[C@@H](C3)N4)cc2)c(Cl)c1. The zero-order chi connectivity index (χ0) is 39.1. The normalized spacial score (nSPS) is 18.2. The van der Waals surface area contributed by atoms with E-state index in [1.807, 2.05) is 31.2 Å². The summed E-state index contributed by atoms with van der Waals surface area (Å²) in [7, 11) is -7.33. The number of ether oxygens (including phenoxy) is 2. The van der Waals surface area contributed by atoms with Crippen molar-refractivity contribution in [3.63, 3.8) is 0 Å². The Hall–Kier alpha value is -3.21. The molecule has 2 heterocycles. The van der Waals surface area contributed by atoms with E-state index in [1.54, 1.807) is 0 Å². The van der Waals surface area contributed by atoms with E-state index in [9.17, 15) is 21.6 Å². The summed E-state index contributed by atoms with van der Waals surface area (Å²) >= 11 is 12.6. The fourth-order valence-electron chi connectivity index (χ4n) is 6.19. The van der Waals surface area contributed by atoms with Crippen LogP contribution in [0.25, 0.3) is 5.57 Å². The van der Waals surface area contributed by atoms with Crippen LogP contribution in [0.3, 0.4) is 0 Å². The van der Waals surface area contributed by atoms with E-state index in [-0.39, 0.29) is 11.9 Å². The van der Waals surface area contributed by atoms with Gasteiger partial charge in [0.15, 0.2) is 5.75 Å². The van der Waals surface area contributed by atoms with Crippen molar-refractivity contribution in [2.24, 2.45) is 0 Å². The largest absolute Gasteiger partial charge is 0.490 e. The van der Waals surface area contributed by atoms with Crippen molar-refractivity contribution in [1.29, 1.82) is 0 Å². The van der Waals surface area contributed by atoms with E-state index < -0.39 is 20.2 Å². The number of rotatable bonds is 10. The Labute approximate surface area is 322 Å². The fraction of sp³-hybridized carbons (Fsp3) is 0.432. The number of amides is 1. The van der Waals surface area contributed by atoms with Crippen molar-refractivity contribution in [3.05, 3.63) is 98.0 Å². The Morgan fingerprint density at radius 1 is 0.887 bits per heavy atom. The number of fused-ring (bicyclic) bond motifs is 2. The smallest absolute Gasteiger partial charge is 0.261 e. The van der Waals surface area contributed by atoms with Crippen molar-refractivity contribution in [2.75, 3.05) is 38.8 Å². The lowest BCUT2D eigenvalue weighted by Gasteiger charge is -2.41. The molecule has 0 aromatic heterocycles. The number of nitrogens with one attached hydrogen (secondary N) is 2. The number of aryl methyl sites for hydroxylation is 2. The predicted molar refractivity (Wildman–Crippen MR) is 208 cm³/mol. The van der Waals surface area contributed by atoms with Crippen molar-refractivity contribution in [2.45, 2.75) is 64.7 Å². The van der Waals surface area contributed by atoms with Crippen molar-refractivity contribution < 1.29 is 40.2 Å². The van der Waals surface area contributed by atoms with Gasteiger partial charge in [0.25, 0.3) is 26.1 Å². The van der Waals surface area contributed by atoms with Crippen LogP contribution in [0.1, 0.15) is 47.1 Å². The molecule has 1 saturated carbocycles. The molecule has 1 saturated heterocycles. The Balaban J connectivity index is 0.000000556.